The largest absolute Gasteiger partial charge is 0.295 e. The van der Waals surface area contributed by atoms with Crippen LogP contribution in [0.4, 0.5) is 0 Å². The lowest BCUT2D eigenvalue weighted by atomic mass is 9.86. The molecule has 6 nitrogen and oxygen atoms in total. The molecule has 1 heterocycles. The second-order valence-corrected chi connectivity index (χ2v) is 5.05. The molecular weight excluding hydrogens is 306 g/mol. The van der Waals surface area contributed by atoms with Gasteiger partial charge in [0.05, 0.1) is 0 Å². The highest BCUT2D eigenvalue weighted by Gasteiger charge is 2.22. The molecular formula is C18H23N3O3. The van der Waals surface area contributed by atoms with Crippen LogP contribution in [0.1, 0.15) is 26.2 Å². The second kappa shape index (κ2) is 12.8. The van der Waals surface area contributed by atoms with Crippen molar-refractivity contribution in [3.8, 4) is 0 Å². The number of ketones is 3. The molecule has 0 aliphatic heterocycles. The zero-order chi connectivity index (χ0) is 18.4. The first-order valence-electron chi connectivity index (χ1n) is 7.49. The van der Waals surface area contributed by atoms with E-state index in [2.05, 4.69) is 34.7 Å². The van der Waals surface area contributed by atoms with Crippen molar-refractivity contribution in [1.82, 2.24) is 15.0 Å². The van der Waals surface area contributed by atoms with Gasteiger partial charge >= 0.3 is 0 Å². The third-order valence-corrected chi connectivity index (χ3v) is 3.30. The molecule has 1 aromatic heterocycles. The Kier molecular flexibility index (Phi) is 11.3. The third kappa shape index (κ3) is 9.30. The van der Waals surface area contributed by atoms with Crippen molar-refractivity contribution in [2.75, 3.05) is 0 Å². The van der Waals surface area contributed by atoms with E-state index < -0.39 is 0 Å². The quantitative estimate of drug-likeness (QED) is 0.613. The van der Waals surface area contributed by atoms with Crippen molar-refractivity contribution in [1.29, 1.82) is 0 Å². The summed E-state index contributed by atoms with van der Waals surface area (Å²) in [5.41, 5.74) is 0. The Hall–Kier alpha value is -2.76. The maximum atomic E-state index is 11.7. The molecule has 0 radical (unpaired) electrons. The van der Waals surface area contributed by atoms with E-state index in [0.717, 1.165) is 0 Å². The Labute approximate surface area is 142 Å². The Morgan fingerprint density at radius 2 is 1.42 bits per heavy atom. The molecule has 0 saturated heterocycles. The van der Waals surface area contributed by atoms with Gasteiger partial charge in [-0.3, -0.25) is 14.4 Å². The lowest BCUT2D eigenvalue weighted by Gasteiger charge is -2.16. The molecule has 1 rings (SSSR count). The maximum absolute atomic E-state index is 11.7. The predicted molar refractivity (Wildman–Crippen MR) is 91.9 cm³/mol. The van der Waals surface area contributed by atoms with E-state index in [4.69, 9.17) is 0 Å². The average Bonchev–Trinajstić information content (AvgIpc) is 2.64. The first-order chi connectivity index (χ1) is 11.5. The summed E-state index contributed by atoms with van der Waals surface area (Å²) in [5.74, 6) is -0.928. The lowest BCUT2D eigenvalue weighted by molar-refractivity contribution is -0.121. The first-order valence-corrected chi connectivity index (χ1v) is 7.49. The summed E-state index contributed by atoms with van der Waals surface area (Å²) in [7, 11) is 0. The van der Waals surface area contributed by atoms with Crippen molar-refractivity contribution in [2.45, 2.75) is 26.2 Å². The zero-order valence-electron chi connectivity index (χ0n) is 13.9. The number of hydrogen-bond acceptors (Lipinski definition) is 6. The molecule has 2 unspecified atom stereocenters. The van der Waals surface area contributed by atoms with Gasteiger partial charge in [0.15, 0.2) is 17.3 Å². The Bertz CT molecular complexity index is 543. The summed E-state index contributed by atoms with van der Waals surface area (Å²) in [5, 5.41) is 0. The number of rotatable bonds is 10. The Balaban J connectivity index is 0.000000728. The summed E-state index contributed by atoms with van der Waals surface area (Å²) >= 11 is 0. The first kappa shape index (κ1) is 21.2. The molecule has 2 atom stereocenters. The van der Waals surface area contributed by atoms with Gasteiger partial charge in [-0.25, -0.2) is 15.0 Å². The van der Waals surface area contributed by atoms with Crippen LogP contribution in [0.25, 0.3) is 0 Å². The topological polar surface area (TPSA) is 89.9 Å². The molecule has 0 saturated carbocycles. The van der Waals surface area contributed by atoms with Gasteiger partial charge in [-0.05, 0) is 31.1 Å². The number of aromatic nitrogens is 3. The number of carbonyl (C=O) groups is 3. The van der Waals surface area contributed by atoms with Crippen LogP contribution in [0.15, 0.2) is 56.9 Å². The van der Waals surface area contributed by atoms with Crippen LogP contribution in [0.2, 0.25) is 0 Å². The highest BCUT2D eigenvalue weighted by Crippen LogP contribution is 2.20. The van der Waals surface area contributed by atoms with Crippen molar-refractivity contribution in [3.63, 3.8) is 0 Å². The van der Waals surface area contributed by atoms with E-state index in [-0.39, 0.29) is 35.6 Å². The SMILES string of the molecule is C=CC(=O)CCC(CC(C)C(=O)C=C)C(=O)C=C.c1ncncn1. The number of carbonyl (C=O) groups excluding carboxylic acids is 3. The number of hydrogen-bond donors (Lipinski definition) is 0. The molecule has 0 N–H and O–H groups in total. The van der Waals surface area contributed by atoms with Crippen LogP contribution in [-0.2, 0) is 14.4 Å². The highest BCUT2D eigenvalue weighted by molar-refractivity contribution is 5.94. The smallest absolute Gasteiger partial charge is 0.158 e. The van der Waals surface area contributed by atoms with E-state index >= 15 is 0 Å². The van der Waals surface area contributed by atoms with Crippen molar-refractivity contribution >= 4 is 17.3 Å². The van der Waals surface area contributed by atoms with Gasteiger partial charge in [0.2, 0.25) is 0 Å². The summed E-state index contributed by atoms with van der Waals surface area (Å²) in [6.45, 7) is 12.0. The van der Waals surface area contributed by atoms with E-state index in [9.17, 15) is 14.4 Å². The lowest BCUT2D eigenvalue weighted by Crippen LogP contribution is -2.20. The van der Waals surface area contributed by atoms with E-state index in [1.54, 1.807) is 6.92 Å². The Morgan fingerprint density at radius 1 is 0.917 bits per heavy atom. The van der Waals surface area contributed by atoms with Crippen LogP contribution < -0.4 is 0 Å². The molecule has 0 aromatic carbocycles. The fourth-order valence-corrected chi connectivity index (χ4v) is 1.91. The predicted octanol–water partition coefficient (Wildman–Crippen LogP) is 2.55. The molecule has 24 heavy (non-hydrogen) atoms. The van der Waals surface area contributed by atoms with Gasteiger partial charge in [-0.15, -0.1) is 0 Å². The monoisotopic (exact) mass is 329 g/mol. The molecule has 0 aliphatic rings. The summed E-state index contributed by atoms with van der Waals surface area (Å²) < 4.78 is 0. The minimum absolute atomic E-state index is 0.0908. The summed E-state index contributed by atoms with van der Waals surface area (Å²) in [6, 6.07) is 0. The fraction of sp³-hybridized carbons (Fsp3) is 0.333. The van der Waals surface area contributed by atoms with Gasteiger partial charge in [-0.1, -0.05) is 26.7 Å². The fourth-order valence-electron chi connectivity index (χ4n) is 1.91. The second-order valence-electron chi connectivity index (χ2n) is 5.05. The highest BCUT2D eigenvalue weighted by atomic mass is 16.1. The minimum atomic E-state index is -0.342. The van der Waals surface area contributed by atoms with Crippen molar-refractivity contribution in [2.24, 2.45) is 11.8 Å². The van der Waals surface area contributed by atoms with Crippen molar-refractivity contribution in [3.05, 3.63) is 56.9 Å². The van der Waals surface area contributed by atoms with Gasteiger partial charge in [0.25, 0.3) is 0 Å². The van der Waals surface area contributed by atoms with Crippen LogP contribution in [0.5, 0.6) is 0 Å². The van der Waals surface area contributed by atoms with Crippen LogP contribution in [0, 0.1) is 11.8 Å². The molecule has 0 spiro atoms. The summed E-state index contributed by atoms with van der Waals surface area (Å²) in [6.07, 6.45) is 9.16. The molecule has 6 heteroatoms. The molecule has 0 fully saturated rings. The third-order valence-electron chi connectivity index (χ3n) is 3.30. The van der Waals surface area contributed by atoms with Gasteiger partial charge in [0, 0.05) is 18.3 Å². The summed E-state index contributed by atoms with van der Waals surface area (Å²) in [4.78, 5) is 44.9. The van der Waals surface area contributed by atoms with Crippen LogP contribution in [0.3, 0.4) is 0 Å². The van der Waals surface area contributed by atoms with Gasteiger partial charge in [-0.2, -0.15) is 0 Å². The van der Waals surface area contributed by atoms with E-state index in [0.29, 0.717) is 12.8 Å². The molecule has 128 valence electrons. The molecule has 0 amide bonds. The normalized spacial score (nSPS) is 11.9. The standard InChI is InChI=1S/C15H20O3.C3H3N3/c1-5-13(16)9-8-12(15(18)7-3)10-11(4)14(17)6-2;1-4-2-6-3-5-1/h5-7,11-12H,1-3,8-10H2,4H3;1-3H. The zero-order valence-corrected chi connectivity index (χ0v) is 13.9. The number of nitrogens with zero attached hydrogens (tertiary/aromatic N) is 3. The van der Waals surface area contributed by atoms with Crippen molar-refractivity contribution < 1.29 is 14.4 Å². The minimum Gasteiger partial charge on any atom is -0.295 e. The maximum Gasteiger partial charge on any atom is 0.158 e. The molecule has 1 aromatic rings. The van der Waals surface area contributed by atoms with Gasteiger partial charge in [0.1, 0.15) is 19.0 Å². The molecule has 0 aliphatic carbocycles. The van der Waals surface area contributed by atoms with E-state index in [1.165, 1.54) is 37.2 Å². The molecule has 0 bridgehead atoms. The van der Waals surface area contributed by atoms with Crippen LogP contribution >= 0.6 is 0 Å². The van der Waals surface area contributed by atoms with E-state index in [1.807, 2.05) is 0 Å². The average molecular weight is 329 g/mol. The Morgan fingerprint density at radius 3 is 1.79 bits per heavy atom. The van der Waals surface area contributed by atoms with Gasteiger partial charge < -0.3 is 0 Å². The number of allylic oxidation sites excluding steroid dienone is 3. The van der Waals surface area contributed by atoms with Crippen LogP contribution in [-0.4, -0.2) is 32.3 Å².